The third-order valence-corrected chi connectivity index (χ3v) is 4.93. The molecule has 0 aromatic carbocycles. The second-order valence-corrected chi connectivity index (χ2v) is 6.39. The van der Waals surface area contributed by atoms with Crippen molar-refractivity contribution in [2.75, 3.05) is 32.7 Å². The van der Waals surface area contributed by atoms with Gasteiger partial charge in [0.25, 0.3) is 0 Å². The van der Waals surface area contributed by atoms with Gasteiger partial charge in [-0.05, 0) is 38.1 Å². The Morgan fingerprint density at radius 2 is 2.14 bits per heavy atom. The maximum Gasteiger partial charge on any atom is 0.222 e. The summed E-state index contributed by atoms with van der Waals surface area (Å²) >= 11 is 0. The number of carbonyl (C=O) groups excluding carboxylic acids is 2. The molecule has 2 amide bonds. The summed E-state index contributed by atoms with van der Waals surface area (Å²) in [5.41, 5.74) is 0. The Morgan fingerprint density at radius 1 is 1.29 bits per heavy atom. The first kappa shape index (κ1) is 16.6. The molecule has 0 aromatic heterocycles. The van der Waals surface area contributed by atoms with Crippen molar-refractivity contribution < 1.29 is 9.59 Å². The Morgan fingerprint density at radius 3 is 2.90 bits per heavy atom. The van der Waals surface area contributed by atoms with Crippen molar-refractivity contribution in [3.05, 3.63) is 0 Å². The van der Waals surface area contributed by atoms with E-state index in [0.717, 1.165) is 52.0 Å². The van der Waals surface area contributed by atoms with Crippen LogP contribution in [0.25, 0.3) is 0 Å². The van der Waals surface area contributed by atoms with Crippen LogP contribution in [-0.4, -0.2) is 60.4 Å². The zero-order chi connectivity index (χ0) is 13.9. The number of fused-ring (bicyclic) bond motifs is 4. The first-order valence-corrected chi connectivity index (χ1v) is 8.02. The Labute approximate surface area is 132 Å². The average molecular weight is 316 g/mol. The fourth-order valence-corrected chi connectivity index (χ4v) is 3.75. The van der Waals surface area contributed by atoms with Crippen LogP contribution in [-0.2, 0) is 9.59 Å². The number of hydrogen-bond donors (Lipinski definition) is 1. The van der Waals surface area contributed by atoms with Gasteiger partial charge in [0, 0.05) is 45.1 Å². The smallest absolute Gasteiger partial charge is 0.222 e. The lowest BCUT2D eigenvalue weighted by Gasteiger charge is -2.36. The van der Waals surface area contributed by atoms with E-state index in [-0.39, 0.29) is 24.2 Å². The summed E-state index contributed by atoms with van der Waals surface area (Å²) < 4.78 is 0. The van der Waals surface area contributed by atoms with Crippen molar-refractivity contribution in [2.45, 2.75) is 44.6 Å². The minimum absolute atomic E-state index is 0. The molecule has 0 saturated carbocycles. The van der Waals surface area contributed by atoms with Gasteiger partial charge in [-0.3, -0.25) is 9.59 Å². The lowest BCUT2D eigenvalue weighted by atomic mass is 9.94. The molecule has 5 nitrogen and oxygen atoms in total. The summed E-state index contributed by atoms with van der Waals surface area (Å²) in [7, 11) is 0. The van der Waals surface area contributed by atoms with Gasteiger partial charge in [-0.25, -0.2) is 0 Å². The first-order chi connectivity index (χ1) is 9.74. The lowest BCUT2D eigenvalue weighted by molar-refractivity contribution is -0.136. The molecule has 6 heteroatoms. The van der Waals surface area contributed by atoms with Gasteiger partial charge in [0.2, 0.25) is 11.8 Å². The highest BCUT2D eigenvalue weighted by Crippen LogP contribution is 2.25. The summed E-state index contributed by atoms with van der Waals surface area (Å²) in [6.45, 7) is 4.57. The number of piperidine rings is 1. The number of rotatable bonds is 4. The monoisotopic (exact) mass is 315 g/mol. The van der Waals surface area contributed by atoms with Crippen LogP contribution in [0.5, 0.6) is 0 Å². The highest BCUT2D eigenvalue weighted by Gasteiger charge is 2.33. The normalized spacial score (nSPS) is 28.5. The number of likely N-dealkylation sites (tertiary alicyclic amines) is 1. The Bertz CT molecular complexity index is 387. The van der Waals surface area contributed by atoms with Crippen molar-refractivity contribution in [2.24, 2.45) is 5.92 Å². The highest BCUT2D eigenvalue weighted by molar-refractivity contribution is 5.85. The Kier molecular flexibility index (Phi) is 5.88. The van der Waals surface area contributed by atoms with Crippen molar-refractivity contribution in [1.29, 1.82) is 0 Å². The molecule has 2 bridgehead atoms. The number of nitrogens with one attached hydrogen (secondary N) is 1. The zero-order valence-electron chi connectivity index (χ0n) is 12.6. The molecule has 4 heterocycles. The third-order valence-electron chi connectivity index (χ3n) is 4.93. The number of halogens is 1. The zero-order valence-corrected chi connectivity index (χ0v) is 13.4. The van der Waals surface area contributed by atoms with E-state index in [1.165, 1.54) is 6.42 Å². The van der Waals surface area contributed by atoms with Crippen molar-refractivity contribution in [3.63, 3.8) is 0 Å². The van der Waals surface area contributed by atoms with E-state index < -0.39 is 0 Å². The molecule has 4 rings (SSSR count). The predicted molar refractivity (Wildman–Crippen MR) is 83.4 cm³/mol. The molecule has 0 unspecified atom stereocenters. The summed E-state index contributed by atoms with van der Waals surface area (Å²) in [6.07, 6.45) is 5.47. The van der Waals surface area contributed by atoms with Crippen LogP contribution in [0, 0.1) is 5.92 Å². The summed E-state index contributed by atoms with van der Waals surface area (Å²) in [4.78, 5) is 27.9. The Hall–Kier alpha value is -0.810. The minimum Gasteiger partial charge on any atom is -0.343 e. The molecule has 120 valence electrons. The van der Waals surface area contributed by atoms with E-state index in [4.69, 9.17) is 0 Å². The maximum absolute atomic E-state index is 12.4. The fourth-order valence-electron chi connectivity index (χ4n) is 3.75. The molecule has 0 spiro atoms. The largest absolute Gasteiger partial charge is 0.343 e. The lowest BCUT2D eigenvalue weighted by Crippen LogP contribution is -2.47. The van der Waals surface area contributed by atoms with Gasteiger partial charge >= 0.3 is 0 Å². The SMILES string of the molecule is Cl.O=C1CCCN1CCCC(=O)N1C[C@@H]2CC[C@H]1CNC2. The molecule has 4 fully saturated rings. The molecule has 4 aliphatic rings. The minimum atomic E-state index is 0. The highest BCUT2D eigenvalue weighted by atomic mass is 35.5. The standard InChI is InChI=1S/C15H25N3O2.ClH/c19-14-3-1-7-17(14)8-2-4-15(20)18-11-12-5-6-13(18)10-16-9-12;/h12-13,16H,1-11H2;1H/t12-,13+;/m1./s1. The molecule has 1 N–H and O–H groups in total. The second kappa shape index (κ2) is 7.45. The van der Waals surface area contributed by atoms with Crippen LogP contribution in [0.2, 0.25) is 0 Å². The van der Waals surface area contributed by atoms with E-state index in [0.29, 0.717) is 24.8 Å². The Balaban J connectivity index is 0.00000161. The van der Waals surface area contributed by atoms with Gasteiger partial charge in [-0.1, -0.05) is 0 Å². The van der Waals surface area contributed by atoms with Crippen molar-refractivity contribution >= 4 is 24.2 Å². The van der Waals surface area contributed by atoms with E-state index in [1.807, 2.05) is 4.90 Å². The van der Waals surface area contributed by atoms with Gasteiger partial charge in [-0.2, -0.15) is 0 Å². The molecule has 0 radical (unpaired) electrons. The molecular formula is C15H26ClN3O2. The predicted octanol–water partition coefficient (Wildman–Crippen LogP) is 1.02. The third kappa shape index (κ3) is 3.89. The molecule has 0 aliphatic carbocycles. The van der Waals surface area contributed by atoms with Crippen LogP contribution in [0.1, 0.15) is 38.5 Å². The number of nitrogens with zero attached hydrogens (tertiary/aromatic N) is 2. The van der Waals surface area contributed by atoms with Crippen molar-refractivity contribution in [1.82, 2.24) is 15.1 Å². The van der Waals surface area contributed by atoms with Gasteiger partial charge in [0.15, 0.2) is 0 Å². The average Bonchev–Trinajstić information content (AvgIpc) is 2.68. The number of carbonyl (C=O) groups is 2. The summed E-state index contributed by atoms with van der Waals surface area (Å²) in [5.74, 6) is 1.18. The molecule has 2 atom stereocenters. The first-order valence-electron chi connectivity index (χ1n) is 8.02. The molecule has 4 aliphatic heterocycles. The topological polar surface area (TPSA) is 52.7 Å². The number of amides is 2. The van der Waals surface area contributed by atoms with Crippen LogP contribution >= 0.6 is 12.4 Å². The van der Waals surface area contributed by atoms with E-state index in [1.54, 1.807) is 0 Å². The number of hydrogen-bond acceptors (Lipinski definition) is 3. The van der Waals surface area contributed by atoms with Gasteiger partial charge < -0.3 is 15.1 Å². The summed E-state index contributed by atoms with van der Waals surface area (Å²) in [5, 5.41) is 3.45. The quantitative estimate of drug-likeness (QED) is 0.843. The molecule has 0 aromatic rings. The van der Waals surface area contributed by atoms with Crippen LogP contribution < -0.4 is 5.32 Å². The molecular weight excluding hydrogens is 290 g/mol. The fraction of sp³-hybridized carbons (Fsp3) is 0.867. The van der Waals surface area contributed by atoms with Crippen LogP contribution in [0.3, 0.4) is 0 Å². The second-order valence-electron chi connectivity index (χ2n) is 6.39. The van der Waals surface area contributed by atoms with E-state index >= 15 is 0 Å². The van der Waals surface area contributed by atoms with Gasteiger partial charge in [0.1, 0.15) is 0 Å². The molecule has 4 saturated heterocycles. The van der Waals surface area contributed by atoms with Crippen LogP contribution in [0.15, 0.2) is 0 Å². The summed E-state index contributed by atoms with van der Waals surface area (Å²) in [6, 6.07) is 0.398. The van der Waals surface area contributed by atoms with Gasteiger partial charge in [-0.15, -0.1) is 12.4 Å². The van der Waals surface area contributed by atoms with Crippen molar-refractivity contribution in [3.8, 4) is 0 Å². The van der Waals surface area contributed by atoms with Gasteiger partial charge in [0.05, 0.1) is 0 Å². The van der Waals surface area contributed by atoms with Crippen LogP contribution in [0.4, 0.5) is 0 Å². The maximum atomic E-state index is 12.4. The molecule has 21 heavy (non-hydrogen) atoms. The van der Waals surface area contributed by atoms with E-state index in [9.17, 15) is 9.59 Å². The van der Waals surface area contributed by atoms with E-state index in [2.05, 4.69) is 10.2 Å².